The number of nitrogens with zero attached hydrogens (tertiary/aromatic N) is 3. The summed E-state index contributed by atoms with van der Waals surface area (Å²) in [5.41, 5.74) is 1.34. The molecule has 1 aromatic carbocycles. The maximum Gasteiger partial charge on any atom is 0.248 e. The highest BCUT2D eigenvalue weighted by Crippen LogP contribution is 2.31. The second kappa shape index (κ2) is 13.4. The number of benzene rings is 1. The zero-order valence-corrected chi connectivity index (χ0v) is 22.6. The molecule has 9 heteroatoms. The topological polar surface area (TPSA) is 79.4 Å². The fraction of sp³-hybridized carbons (Fsp3) is 0.720. The Bertz CT molecular complexity index is 879. The second-order valence-electron chi connectivity index (χ2n) is 8.87. The monoisotopic (exact) mass is 497 g/mol. The van der Waals surface area contributed by atoms with Crippen LogP contribution in [0.1, 0.15) is 51.2 Å². The van der Waals surface area contributed by atoms with Gasteiger partial charge < -0.3 is 19.3 Å². The van der Waals surface area contributed by atoms with Gasteiger partial charge in [0.15, 0.2) is 0 Å². The van der Waals surface area contributed by atoms with Crippen LogP contribution in [0, 0.1) is 13.8 Å². The number of carbonyl (C=O) groups is 1. The molecule has 1 atom stereocenters. The summed E-state index contributed by atoms with van der Waals surface area (Å²) in [5.74, 6) is 0.592. The zero-order valence-electron chi connectivity index (χ0n) is 21.8. The van der Waals surface area contributed by atoms with Crippen molar-refractivity contribution in [2.75, 3.05) is 59.6 Å². The van der Waals surface area contributed by atoms with E-state index < -0.39 is 10.0 Å². The van der Waals surface area contributed by atoms with E-state index in [-0.39, 0.29) is 25.2 Å². The number of carbonyl (C=O) groups excluding carboxylic acids is 1. The van der Waals surface area contributed by atoms with Crippen molar-refractivity contribution in [3.8, 4) is 5.75 Å². The largest absolute Gasteiger partial charge is 0.497 e. The predicted octanol–water partition coefficient (Wildman–Crippen LogP) is 3.06. The van der Waals surface area contributed by atoms with Gasteiger partial charge in [0.05, 0.1) is 18.6 Å². The number of aryl methyl sites for hydroxylation is 2. The number of rotatable bonds is 13. The van der Waals surface area contributed by atoms with Gasteiger partial charge >= 0.3 is 0 Å². The highest BCUT2D eigenvalue weighted by Gasteiger charge is 2.35. The van der Waals surface area contributed by atoms with Gasteiger partial charge in [0.2, 0.25) is 15.9 Å². The lowest BCUT2D eigenvalue weighted by Gasteiger charge is -2.35. The van der Waals surface area contributed by atoms with Crippen LogP contribution in [0.2, 0.25) is 0 Å². The van der Waals surface area contributed by atoms with E-state index in [0.717, 1.165) is 38.9 Å². The van der Waals surface area contributed by atoms with Crippen LogP contribution in [0.15, 0.2) is 17.0 Å². The molecule has 1 unspecified atom stereocenters. The van der Waals surface area contributed by atoms with Crippen LogP contribution in [0.5, 0.6) is 5.75 Å². The molecular formula is C25H43N3O5S. The van der Waals surface area contributed by atoms with Crippen LogP contribution >= 0.6 is 0 Å². The van der Waals surface area contributed by atoms with E-state index in [1.54, 1.807) is 42.3 Å². The predicted molar refractivity (Wildman–Crippen MR) is 135 cm³/mol. The SMILES string of the molecule is CCN(CC)CCN(CC)C(=O)COCC1CCCCN1S(=O)(=O)c1c(C)cc(OC)cc1C. The quantitative estimate of drug-likeness (QED) is 0.417. The minimum Gasteiger partial charge on any atom is -0.497 e. The third kappa shape index (κ3) is 7.16. The number of hydrogen-bond donors (Lipinski definition) is 0. The van der Waals surface area contributed by atoms with Gasteiger partial charge in [-0.25, -0.2) is 8.42 Å². The number of ether oxygens (including phenoxy) is 2. The molecular weight excluding hydrogens is 454 g/mol. The highest BCUT2D eigenvalue weighted by atomic mass is 32.2. The molecule has 0 aliphatic carbocycles. The molecule has 194 valence electrons. The number of likely N-dealkylation sites (N-methyl/N-ethyl adjacent to an activating group) is 2. The van der Waals surface area contributed by atoms with Gasteiger partial charge in [-0.2, -0.15) is 4.31 Å². The summed E-state index contributed by atoms with van der Waals surface area (Å²) in [5, 5.41) is 0. The van der Waals surface area contributed by atoms with Crippen molar-refractivity contribution < 1.29 is 22.7 Å². The molecule has 1 aliphatic rings. The summed E-state index contributed by atoms with van der Waals surface area (Å²) < 4.78 is 40.0. The van der Waals surface area contributed by atoms with Gasteiger partial charge in [-0.05, 0) is 70.0 Å². The van der Waals surface area contributed by atoms with Crippen molar-refractivity contribution >= 4 is 15.9 Å². The van der Waals surface area contributed by atoms with E-state index in [1.807, 2.05) is 6.92 Å². The van der Waals surface area contributed by atoms with Crippen LogP contribution < -0.4 is 4.74 Å². The van der Waals surface area contributed by atoms with Gasteiger partial charge in [-0.1, -0.05) is 20.3 Å². The van der Waals surface area contributed by atoms with Crippen molar-refractivity contribution in [2.24, 2.45) is 0 Å². The minimum atomic E-state index is -3.70. The fourth-order valence-electron chi connectivity index (χ4n) is 4.64. The zero-order chi connectivity index (χ0) is 25.3. The van der Waals surface area contributed by atoms with Crippen molar-refractivity contribution in [1.82, 2.24) is 14.1 Å². The molecule has 1 amide bonds. The van der Waals surface area contributed by atoms with Crippen LogP contribution in [0.4, 0.5) is 0 Å². The molecule has 1 fully saturated rings. The maximum absolute atomic E-state index is 13.6. The molecule has 8 nitrogen and oxygen atoms in total. The summed E-state index contributed by atoms with van der Waals surface area (Å²) >= 11 is 0. The lowest BCUT2D eigenvalue weighted by atomic mass is 10.1. The van der Waals surface area contributed by atoms with Crippen LogP contribution in [-0.4, -0.2) is 94.1 Å². The molecule has 0 N–H and O–H groups in total. The molecule has 0 aromatic heterocycles. The van der Waals surface area contributed by atoms with Crippen LogP contribution in [0.3, 0.4) is 0 Å². The smallest absolute Gasteiger partial charge is 0.248 e. The Morgan fingerprint density at radius 3 is 2.26 bits per heavy atom. The lowest BCUT2D eigenvalue weighted by Crippen LogP contribution is -2.47. The van der Waals surface area contributed by atoms with Crippen molar-refractivity contribution in [3.63, 3.8) is 0 Å². The second-order valence-corrected chi connectivity index (χ2v) is 10.7. The summed E-state index contributed by atoms with van der Waals surface area (Å²) in [6.45, 7) is 14.5. The Kier molecular flexibility index (Phi) is 11.3. The van der Waals surface area contributed by atoms with E-state index in [1.165, 1.54) is 0 Å². The van der Waals surface area contributed by atoms with E-state index in [0.29, 0.717) is 41.4 Å². The number of amides is 1. The Morgan fingerprint density at radius 1 is 1.06 bits per heavy atom. The van der Waals surface area contributed by atoms with Crippen molar-refractivity contribution in [2.45, 2.75) is 64.8 Å². The molecule has 0 spiro atoms. The van der Waals surface area contributed by atoms with Gasteiger partial charge in [0, 0.05) is 32.2 Å². The van der Waals surface area contributed by atoms with E-state index in [2.05, 4.69) is 18.7 Å². The van der Waals surface area contributed by atoms with Gasteiger partial charge in [0.25, 0.3) is 0 Å². The van der Waals surface area contributed by atoms with Crippen molar-refractivity contribution in [1.29, 1.82) is 0 Å². The highest BCUT2D eigenvalue weighted by molar-refractivity contribution is 7.89. The van der Waals surface area contributed by atoms with E-state index in [4.69, 9.17) is 9.47 Å². The Balaban J connectivity index is 2.05. The molecule has 1 saturated heterocycles. The third-order valence-corrected chi connectivity index (χ3v) is 8.92. The summed E-state index contributed by atoms with van der Waals surface area (Å²) in [4.78, 5) is 17.1. The molecule has 0 saturated carbocycles. The molecule has 0 bridgehead atoms. The maximum atomic E-state index is 13.6. The van der Waals surface area contributed by atoms with Crippen LogP contribution in [0.25, 0.3) is 0 Å². The fourth-order valence-corrected chi connectivity index (χ4v) is 6.74. The van der Waals surface area contributed by atoms with Gasteiger partial charge in [-0.3, -0.25) is 4.79 Å². The van der Waals surface area contributed by atoms with Crippen molar-refractivity contribution in [3.05, 3.63) is 23.3 Å². The first-order valence-corrected chi connectivity index (χ1v) is 13.9. The molecule has 1 heterocycles. The number of sulfonamides is 1. The van der Waals surface area contributed by atoms with E-state index in [9.17, 15) is 13.2 Å². The average Bonchev–Trinajstić information content (AvgIpc) is 2.81. The average molecular weight is 498 g/mol. The third-order valence-electron chi connectivity index (χ3n) is 6.66. The van der Waals surface area contributed by atoms with Gasteiger partial charge in [-0.15, -0.1) is 0 Å². The molecule has 34 heavy (non-hydrogen) atoms. The standard InChI is InChI=1S/C25H43N3O5S/c1-7-26(8-2)14-15-27(9-3)24(29)19-33-18-22-12-10-11-13-28(22)34(30,31)25-20(4)16-23(32-6)17-21(25)5/h16-17,22H,7-15,18-19H2,1-6H3. The minimum absolute atomic E-state index is 0.0307. The molecule has 2 rings (SSSR count). The molecule has 1 aromatic rings. The summed E-state index contributed by atoms with van der Waals surface area (Å²) in [7, 11) is -2.12. The Hall–Kier alpha value is -1.68. The molecule has 0 radical (unpaired) electrons. The Labute approximate surface area is 206 Å². The van der Waals surface area contributed by atoms with E-state index >= 15 is 0 Å². The number of piperidine rings is 1. The first-order chi connectivity index (χ1) is 16.2. The number of methoxy groups -OCH3 is 1. The normalized spacial score (nSPS) is 17.2. The Morgan fingerprint density at radius 2 is 1.71 bits per heavy atom. The summed E-state index contributed by atoms with van der Waals surface area (Å²) in [6.07, 6.45) is 2.48. The van der Waals surface area contributed by atoms with Crippen LogP contribution in [-0.2, 0) is 19.6 Å². The van der Waals surface area contributed by atoms with Gasteiger partial charge in [0.1, 0.15) is 12.4 Å². The first-order valence-electron chi connectivity index (χ1n) is 12.4. The first kappa shape index (κ1) is 28.6. The molecule has 1 aliphatic heterocycles. The number of hydrogen-bond acceptors (Lipinski definition) is 6. The summed E-state index contributed by atoms with van der Waals surface area (Å²) in [6, 6.07) is 3.23. The lowest BCUT2D eigenvalue weighted by molar-refractivity contribution is -0.136.